The van der Waals surface area contributed by atoms with E-state index in [0.717, 1.165) is 25.9 Å². The molecule has 0 unspecified atom stereocenters. The van der Waals surface area contributed by atoms with Crippen molar-refractivity contribution in [1.29, 1.82) is 0 Å². The average molecular weight is 312 g/mol. The van der Waals surface area contributed by atoms with E-state index in [-0.39, 0.29) is 28.2 Å². The number of nitro groups is 1. The summed E-state index contributed by atoms with van der Waals surface area (Å²) in [6.07, 6.45) is 1.78. The van der Waals surface area contributed by atoms with Gasteiger partial charge in [0, 0.05) is 35.3 Å². The van der Waals surface area contributed by atoms with Crippen LogP contribution in [-0.4, -0.2) is 41.4 Å². The monoisotopic (exact) mass is 311 g/mol. The van der Waals surface area contributed by atoms with E-state index < -0.39 is 4.92 Å². The molecule has 1 fully saturated rings. The normalized spacial score (nSPS) is 15.7. The molecule has 1 heterocycles. The third kappa shape index (κ3) is 3.71. The van der Waals surface area contributed by atoms with Gasteiger partial charge in [0.15, 0.2) is 0 Å². The molecule has 0 atom stereocenters. The number of amides is 1. The summed E-state index contributed by atoms with van der Waals surface area (Å²) in [5.74, 6) is -0.199. The van der Waals surface area contributed by atoms with Gasteiger partial charge in [-0.05, 0) is 38.9 Å². The number of halogens is 1. The zero-order valence-electron chi connectivity index (χ0n) is 11.8. The van der Waals surface area contributed by atoms with Crippen molar-refractivity contribution in [3.8, 4) is 0 Å². The molecule has 0 bridgehead atoms. The minimum atomic E-state index is -0.538. The first kappa shape index (κ1) is 15.7. The zero-order chi connectivity index (χ0) is 15.4. The van der Waals surface area contributed by atoms with Crippen molar-refractivity contribution in [3.63, 3.8) is 0 Å². The third-order valence-corrected chi connectivity index (χ3v) is 3.91. The molecule has 6 nitrogen and oxygen atoms in total. The molecule has 1 saturated heterocycles. The highest BCUT2D eigenvalue weighted by molar-refractivity contribution is 6.31. The SMILES string of the molecule is CCN(C(=O)c1cc(Cl)cc([N+](=O)[O-])c1)C1CCNCC1. The quantitative estimate of drug-likeness (QED) is 0.684. The molecule has 0 spiro atoms. The molecule has 114 valence electrons. The lowest BCUT2D eigenvalue weighted by Crippen LogP contribution is -2.46. The highest BCUT2D eigenvalue weighted by Gasteiger charge is 2.26. The van der Waals surface area contributed by atoms with E-state index in [9.17, 15) is 14.9 Å². The second kappa shape index (κ2) is 6.87. The molecule has 0 radical (unpaired) electrons. The van der Waals surface area contributed by atoms with E-state index in [2.05, 4.69) is 5.32 Å². The molecular weight excluding hydrogens is 294 g/mol. The maximum absolute atomic E-state index is 12.6. The Morgan fingerprint density at radius 2 is 2.10 bits per heavy atom. The Kier molecular flexibility index (Phi) is 5.14. The predicted octanol–water partition coefficient (Wildman–Crippen LogP) is 2.46. The van der Waals surface area contributed by atoms with E-state index in [4.69, 9.17) is 11.6 Å². The fourth-order valence-electron chi connectivity index (χ4n) is 2.65. The number of non-ortho nitro benzene ring substituents is 1. The lowest BCUT2D eigenvalue weighted by molar-refractivity contribution is -0.384. The first-order valence-corrected chi connectivity index (χ1v) is 7.37. The Morgan fingerprint density at radius 3 is 2.67 bits per heavy atom. The Labute approximate surface area is 128 Å². The molecule has 1 N–H and O–H groups in total. The molecule has 1 aliphatic heterocycles. The van der Waals surface area contributed by atoms with Gasteiger partial charge in [0.25, 0.3) is 11.6 Å². The Balaban J connectivity index is 2.26. The van der Waals surface area contributed by atoms with Crippen LogP contribution in [-0.2, 0) is 0 Å². The molecule has 1 amide bonds. The second-order valence-corrected chi connectivity index (χ2v) is 5.46. The first-order chi connectivity index (χ1) is 10.0. The highest BCUT2D eigenvalue weighted by atomic mass is 35.5. The molecule has 1 aromatic carbocycles. The van der Waals surface area contributed by atoms with E-state index in [1.54, 1.807) is 4.90 Å². The number of rotatable bonds is 4. The van der Waals surface area contributed by atoms with Gasteiger partial charge in [-0.1, -0.05) is 11.6 Å². The largest absolute Gasteiger partial charge is 0.336 e. The van der Waals surface area contributed by atoms with Gasteiger partial charge in [0.1, 0.15) is 0 Å². The number of nitro benzene ring substituents is 1. The van der Waals surface area contributed by atoms with Crippen molar-refractivity contribution >= 4 is 23.2 Å². The summed E-state index contributed by atoms with van der Waals surface area (Å²) >= 11 is 5.89. The maximum atomic E-state index is 12.6. The Bertz CT molecular complexity index is 544. The van der Waals surface area contributed by atoms with Gasteiger partial charge in [-0.2, -0.15) is 0 Å². The van der Waals surface area contributed by atoms with Crippen molar-refractivity contribution in [2.45, 2.75) is 25.8 Å². The van der Waals surface area contributed by atoms with E-state index >= 15 is 0 Å². The van der Waals surface area contributed by atoms with Crippen molar-refractivity contribution in [1.82, 2.24) is 10.2 Å². The number of benzene rings is 1. The number of nitrogens with one attached hydrogen (secondary N) is 1. The van der Waals surface area contributed by atoms with Crippen LogP contribution in [0.4, 0.5) is 5.69 Å². The number of nitrogens with zero attached hydrogens (tertiary/aromatic N) is 2. The van der Waals surface area contributed by atoms with E-state index in [0.29, 0.717) is 6.54 Å². The topological polar surface area (TPSA) is 75.5 Å². The molecule has 7 heteroatoms. The van der Waals surface area contributed by atoms with Crippen LogP contribution in [0.3, 0.4) is 0 Å². The molecular formula is C14H18ClN3O3. The van der Waals surface area contributed by atoms with Gasteiger partial charge in [0.05, 0.1) is 4.92 Å². The minimum Gasteiger partial charge on any atom is -0.336 e. The summed E-state index contributed by atoms with van der Waals surface area (Å²) in [6, 6.07) is 4.19. The van der Waals surface area contributed by atoms with Crippen LogP contribution in [0, 0.1) is 10.1 Å². The van der Waals surface area contributed by atoms with Crippen molar-refractivity contribution < 1.29 is 9.72 Å². The summed E-state index contributed by atoms with van der Waals surface area (Å²) in [6.45, 7) is 4.25. The van der Waals surface area contributed by atoms with Gasteiger partial charge < -0.3 is 10.2 Å². The molecule has 2 rings (SSSR count). The summed E-state index contributed by atoms with van der Waals surface area (Å²) in [5.41, 5.74) is 0.113. The van der Waals surface area contributed by atoms with Gasteiger partial charge in [-0.15, -0.1) is 0 Å². The summed E-state index contributed by atoms with van der Waals surface area (Å²) < 4.78 is 0. The Hall–Kier alpha value is -1.66. The minimum absolute atomic E-state index is 0.160. The van der Waals surface area contributed by atoms with E-state index in [1.807, 2.05) is 6.92 Å². The summed E-state index contributed by atoms with van der Waals surface area (Å²) in [4.78, 5) is 24.7. The predicted molar refractivity (Wildman–Crippen MR) is 80.7 cm³/mol. The number of hydrogen-bond donors (Lipinski definition) is 1. The fourth-order valence-corrected chi connectivity index (χ4v) is 2.88. The van der Waals surface area contributed by atoms with Crippen LogP contribution >= 0.6 is 11.6 Å². The van der Waals surface area contributed by atoms with Crippen molar-refractivity contribution in [2.75, 3.05) is 19.6 Å². The fraction of sp³-hybridized carbons (Fsp3) is 0.500. The lowest BCUT2D eigenvalue weighted by Gasteiger charge is -2.34. The van der Waals surface area contributed by atoms with Gasteiger partial charge in [0.2, 0.25) is 0 Å². The van der Waals surface area contributed by atoms with Crippen LogP contribution in [0.2, 0.25) is 5.02 Å². The lowest BCUT2D eigenvalue weighted by atomic mass is 10.0. The van der Waals surface area contributed by atoms with Crippen LogP contribution < -0.4 is 5.32 Å². The number of carbonyl (C=O) groups is 1. The maximum Gasteiger partial charge on any atom is 0.271 e. The van der Waals surface area contributed by atoms with Crippen LogP contribution in [0.15, 0.2) is 18.2 Å². The molecule has 0 aliphatic carbocycles. The highest BCUT2D eigenvalue weighted by Crippen LogP contribution is 2.23. The van der Waals surface area contributed by atoms with Crippen LogP contribution in [0.5, 0.6) is 0 Å². The number of hydrogen-bond acceptors (Lipinski definition) is 4. The second-order valence-electron chi connectivity index (χ2n) is 5.03. The van der Waals surface area contributed by atoms with Crippen LogP contribution in [0.1, 0.15) is 30.1 Å². The van der Waals surface area contributed by atoms with Gasteiger partial charge >= 0.3 is 0 Å². The number of carbonyl (C=O) groups excluding carboxylic acids is 1. The van der Waals surface area contributed by atoms with Gasteiger partial charge in [-0.25, -0.2) is 0 Å². The third-order valence-electron chi connectivity index (χ3n) is 3.69. The van der Waals surface area contributed by atoms with Crippen molar-refractivity contribution in [2.24, 2.45) is 0 Å². The molecule has 1 aliphatic rings. The molecule has 21 heavy (non-hydrogen) atoms. The van der Waals surface area contributed by atoms with Crippen molar-refractivity contribution in [3.05, 3.63) is 38.9 Å². The van der Waals surface area contributed by atoms with Crippen LogP contribution in [0.25, 0.3) is 0 Å². The molecule has 0 saturated carbocycles. The first-order valence-electron chi connectivity index (χ1n) is 6.99. The van der Waals surface area contributed by atoms with Gasteiger partial charge in [-0.3, -0.25) is 14.9 Å². The summed E-state index contributed by atoms with van der Waals surface area (Å²) in [7, 11) is 0. The zero-order valence-corrected chi connectivity index (χ0v) is 12.6. The number of piperidine rings is 1. The molecule has 1 aromatic rings. The smallest absolute Gasteiger partial charge is 0.271 e. The average Bonchev–Trinajstić information content (AvgIpc) is 2.48. The molecule has 0 aromatic heterocycles. The standard InChI is InChI=1S/C14H18ClN3O3/c1-2-17(12-3-5-16-6-4-12)14(19)10-7-11(15)9-13(8-10)18(20)21/h7-9,12,16H,2-6H2,1H3. The Morgan fingerprint density at radius 1 is 1.43 bits per heavy atom. The van der Waals surface area contributed by atoms with E-state index in [1.165, 1.54) is 18.2 Å². The summed E-state index contributed by atoms with van der Waals surface area (Å²) in [5, 5.41) is 14.3.